The van der Waals surface area contributed by atoms with Crippen molar-refractivity contribution in [2.45, 2.75) is 49.4 Å². The summed E-state index contributed by atoms with van der Waals surface area (Å²) in [5.41, 5.74) is 10.8. The molecule has 0 unspecified atom stereocenters. The van der Waals surface area contributed by atoms with Crippen LogP contribution < -0.4 is 31.6 Å². The lowest BCUT2D eigenvalue weighted by Crippen LogP contribution is -2.26. The number of carboxylic acid groups (broad SMARTS) is 4. The number of hydrogen-bond donors (Lipinski definition) is 10. The highest BCUT2D eigenvalue weighted by atomic mass is 32.2. The Hall–Kier alpha value is -7.82. The molecule has 0 aliphatic heterocycles. The van der Waals surface area contributed by atoms with Crippen molar-refractivity contribution in [3.63, 3.8) is 0 Å². The molecule has 27 nitrogen and oxygen atoms in total. The number of aryl methyl sites for hydroxylation is 2. The summed E-state index contributed by atoms with van der Waals surface area (Å²) in [7, 11) is 0. The van der Waals surface area contributed by atoms with Gasteiger partial charge in [-0.15, -0.1) is 10.2 Å². The maximum atomic E-state index is 12.1. The normalized spacial score (nSPS) is 11.4. The summed E-state index contributed by atoms with van der Waals surface area (Å²) in [6.45, 7) is 1.61. The van der Waals surface area contributed by atoms with Gasteiger partial charge >= 0.3 is 48.3 Å². The molecule has 0 aliphatic rings. The van der Waals surface area contributed by atoms with Crippen molar-refractivity contribution in [2.75, 3.05) is 48.4 Å². The standard InChI is InChI=1S/2C13H17F3N8OS.2C4H4O4.H2O/c2*1-8-20-12(24-23-8)26-6-2-5-25-11-18-4-3-9(22-11)21-10(17)19-7-13(14,15)16;2*5-3(6)1-2-4(7)8;/h2*3-4H,2,5-7H2,1H3,(H,20,23,24)(H3,17,18,19,21,22);2*1-2H,(H,5,6)(H,7,8);1H2/b;;2*2-1-;. The molecule has 0 spiro atoms. The first kappa shape index (κ1) is 61.2. The maximum absolute atomic E-state index is 12.1. The molecule has 4 rings (SSSR count). The van der Waals surface area contributed by atoms with Gasteiger partial charge in [-0.3, -0.25) is 10.2 Å². The van der Waals surface area contributed by atoms with Gasteiger partial charge in [0, 0.05) is 48.2 Å². The summed E-state index contributed by atoms with van der Waals surface area (Å²) >= 11 is 2.97. The number of guanidine groups is 2. The van der Waals surface area contributed by atoms with Crippen molar-refractivity contribution in [2.24, 2.45) is 21.5 Å². The molecular weight excluding hydrogens is 987 g/mol. The predicted molar refractivity (Wildman–Crippen MR) is 233 cm³/mol. The number of H-pyrrole nitrogens is 2. The van der Waals surface area contributed by atoms with Gasteiger partial charge in [-0.1, -0.05) is 23.5 Å². The third-order valence-electron chi connectivity index (χ3n) is 6.03. The second kappa shape index (κ2) is 32.8. The first-order valence-electron chi connectivity index (χ1n) is 18.4. The highest BCUT2D eigenvalue weighted by Crippen LogP contribution is 2.17. The van der Waals surface area contributed by atoms with E-state index in [9.17, 15) is 45.5 Å². The lowest BCUT2D eigenvalue weighted by atomic mass is 10.5. The number of rotatable bonds is 20. The fraction of sp³-hybridized carbons (Fsp3) is 0.353. The first-order chi connectivity index (χ1) is 31.9. The van der Waals surface area contributed by atoms with Crippen LogP contribution in [0.5, 0.6) is 12.0 Å². The van der Waals surface area contributed by atoms with Gasteiger partial charge in [-0.2, -0.15) is 36.3 Å². The van der Waals surface area contributed by atoms with E-state index in [1.54, 1.807) is 0 Å². The zero-order valence-corrected chi connectivity index (χ0v) is 37.4. The van der Waals surface area contributed by atoms with Crippen molar-refractivity contribution in [3.05, 3.63) is 60.5 Å². The van der Waals surface area contributed by atoms with Crippen molar-refractivity contribution < 1.29 is 80.9 Å². The number of nitrogens with one attached hydrogen (secondary N) is 4. The van der Waals surface area contributed by atoms with E-state index in [1.807, 2.05) is 13.8 Å². The van der Waals surface area contributed by atoms with E-state index in [2.05, 4.69) is 70.9 Å². The average molecular weight is 1030 g/mol. The number of carbonyl (C=O) groups is 4. The number of hydrogen-bond acceptors (Lipinski definition) is 18. The van der Waals surface area contributed by atoms with E-state index in [0.717, 1.165) is 23.2 Å². The molecule has 0 fully saturated rings. The third kappa shape index (κ3) is 35.1. The number of nitrogens with zero attached hydrogens (tertiary/aromatic N) is 10. The van der Waals surface area contributed by atoms with Crippen molar-refractivity contribution in [1.82, 2.24) is 50.3 Å². The lowest BCUT2D eigenvalue weighted by Gasteiger charge is -2.08. The van der Waals surface area contributed by atoms with Crippen LogP contribution >= 0.6 is 23.5 Å². The number of aliphatic imine (C=N–C) groups is 2. The number of carboxylic acids is 4. The van der Waals surface area contributed by atoms with Crippen molar-refractivity contribution in [3.8, 4) is 12.0 Å². The van der Waals surface area contributed by atoms with E-state index in [-0.39, 0.29) is 29.1 Å². The van der Waals surface area contributed by atoms with Crippen LogP contribution in [0.15, 0.2) is 69.1 Å². The molecule has 0 radical (unpaired) electrons. The molecule has 69 heavy (non-hydrogen) atoms. The van der Waals surface area contributed by atoms with Gasteiger partial charge in [0.1, 0.15) is 36.4 Å². The number of ether oxygens (including phenoxy) is 2. The second-order valence-corrected chi connectivity index (χ2v) is 14.0. The Morgan fingerprint density at radius 2 is 0.986 bits per heavy atom. The summed E-state index contributed by atoms with van der Waals surface area (Å²) in [4.78, 5) is 68.7. The maximum Gasteiger partial charge on any atom is 0.408 e. The molecule has 0 saturated heterocycles. The minimum Gasteiger partial charge on any atom is -0.478 e. The fourth-order valence-electron chi connectivity index (χ4n) is 3.48. The molecule has 0 amide bonds. The number of halogens is 6. The van der Waals surface area contributed by atoms with Crippen LogP contribution in [0, 0.1) is 13.8 Å². The Morgan fingerprint density at radius 3 is 1.26 bits per heavy atom. The Balaban J connectivity index is 0.00000101. The molecule has 0 aromatic carbocycles. The van der Waals surface area contributed by atoms with Gasteiger partial charge in [0.05, 0.1) is 13.2 Å². The van der Waals surface area contributed by atoms with Crippen LogP contribution in [-0.2, 0) is 19.2 Å². The van der Waals surface area contributed by atoms with Crippen LogP contribution in [0.3, 0.4) is 0 Å². The minimum atomic E-state index is -4.42. The minimum absolute atomic E-state index is 0. The summed E-state index contributed by atoms with van der Waals surface area (Å²) in [6.07, 6.45) is -2.42. The lowest BCUT2D eigenvalue weighted by molar-refractivity contribution is -0.134. The topological polar surface area (TPSA) is 435 Å². The van der Waals surface area contributed by atoms with E-state index >= 15 is 0 Å². The summed E-state index contributed by atoms with van der Waals surface area (Å²) < 4.78 is 83.3. The molecule has 0 bridgehead atoms. The molecule has 0 saturated carbocycles. The quantitative estimate of drug-likeness (QED) is 0.0151. The molecule has 0 aliphatic carbocycles. The predicted octanol–water partition coefficient (Wildman–Crippen LogP) is 2.11. The second-order valence-electron chi connectivity index (χ2n) is 11.9. The molecule has 4 heterocycles. The zero-order valence-electron chi connectivity index (χ0n) is 35.7. The molecule has 0 atom stereocenters. The molecule has 35 heteroatoms. The van der Waals surface area contributed by atoms with Crippen LogP contribution in [-0.4, -0.2) is 162 Å². The number of anilines is 2. The Kier molecular flexibility index (Phi) is 29.1. The number of thioether (sulfide) groups is 2. The number of alkyl halides is 6. The Labute approximate surface area is 393 Å². The van der Waals surface area contributed by atoms with E-state index in [4.69, 9.17) is 41.4 Å². The van der Waals surface area contributed by atoms with Gasteiger partial charge in [0.25, 0.3) is 0 Å². The van der Waals surface area contributed by atoms with Gasteiger partial charge in [-0.05, 0) is 38.8 Å². The Morgan fingerprint density at radius 1 is 0.652 bits per heavy atom. The van der Waals surface area contributed by atoms with E-state index in [0.29, 0.717) is 60.7 Å². The highest BCUT2D eigenvalue weighted by molar-refractivity contribution is 7.99. The summed E-state index contributed by atoms with van der Waals surface area (Å²) in [5, 5.41) is 51.0. The number of nitrogens with two attached hydrogens (primary N) is 2. The van der Waals surface area contributed by atoms with Crippen LogP contribution in [0.4, 0.5) is 38.0 Å². The van der Waals surface area contributed by atoms with E-state index < -0.39 is 61.2 Å². The monoisotopic (exact) mass is 1030 g/mol. The number of aromatic amines is 2. The third-order valence-corrected chi connectivity index (χ3v) is 7.90. The number of aliphatic carboxylic acids is 4. The molecule has 14 N–H and O–H groups in total. The molecular formula is C34H44F6N16O11S2. The highest BCUT2D eigenvalue weighted by Gasteiger charge is 2.27. The number of aromatic nitrogens is 10. The van der Waals surface area contributed by atoms with Gasteiger partial charge in [-0.25, -0.2) is 49.1 Å². The van der Waals surface area contributed by atoms with Crippen molar-refractivity contribution >= 4 is 71.0 Å². The van der Waals surface area contributed by atoms with Gasteiger partial charge in [0.2, 0.25) is 10.3 Å². The van der Waals surface area contributed by atoms with Crippen molar-refractivity contribution in [1.29, 1.82) is 0 Å². The molecule has 4 aromatic rings. The van der Waals surface area contributed by atoms with Crippen LogP contribution in [0.1, 0.15) is 24.5 Å². The first-order valence-corrected chi connectivity index (χ1v) is 20.4. The van der Waals surface area contributed by atoms with Gasteiger partial charge < -0.3 is 57.5 Å². The summed E-state index contributed by atoms with van der Waals surface area (Å²) in [5.74, 6) is -2.47. The van der Waals surface area contributed by atoms with Crippen LogP contribution in [0.2, 0.25) is 0 Å². The molecule has 4 aromatic heterocycles. The van der Waals surface area contributed by atoms with Crippen LogP contribution in [0.25, 0.3) is 0 Å². The Bertz CT molecular complexity index is 2130. The molecule has 380 valence electrons. The van der Waals surface area contributed by atoms with E-state index in [1.165, 1.54) is 48.1 Å². The smallest absolute Gasteiger partial charge is 0.408 e. The zero-order chi connectivity index (χ0) is 51.1. The van der Waals surface area contributed by atoms with Gasteiger partial charge in [0.15, 0.2) is 11.9 Å². The average Bonchev–Trinajstić information content (AvgIpc) is 3.87. The summed E-state index contributed by atoms with van der Waals surface area (Å²) in [6, 6.07) is 3.03. The fourth-order valence-corrected chi connectivity index (χ4v) is 4.99. The SMILES string of the molecule is Cc1nc(SCCCOc2nccc(NC(N)=NCC(F)(F)F)n2)n[nH]1.Cc1nc(SCCCOc2nccc(NC(N)=NCC(F)(F)F)n2)n[nH]1.O.O=C(O)/C=C\C(=O)O.O=C(O)/C=C\C(=O)O. The largest absolute Gasteiger partial charge is 0.478 e.